The Bertz CT molecular complexity index is 725. The van der Waals surface area contributed by atoms with Crippen molar-refractivity contribution in [1.29, 1.82) is 0 Å². The normalized spacial score (nSPS) is 15.0. The molecule has 0 radical (unpaired) electrons. The van der Waals surface area contributed by atoms with Crippen LogP contribution in [-0.4, -0.2) is 40.6 Å². The summed E-state index contributed by atoms with van der Waals surface area (Å²) >= 11 is 0. The predicted molar refractivity (Wildman–Crippen MR) is 94.2 cm³/mol. The van der Waals surface area contributed by atoms with Gasteiger partial charge in [-0.05, 0) is 18.2 Å². The molecule has 0 aliphatic carbocycles. The van der Waals surface area contributed by atoms with Crippen LogP contribution in [0.1, 0.15) is 5.56 Å². The molecule has 142 valence electrons. The van der Waals surface area contributed by atoms with Gasteiger partial charge in [0, 0.05) is 24.7 Å². The third kappa shape index (κ3) is 4.45. The lowest BCUT2D eigenvalue weighted by atomic mass is 10.1. The largest absolute Gasteiger partial charge is 1.00 e. The molecule has 7 heteroatoms. The van der Waals surface area contributed by atoms with Crippen LogP contribution in [-0.2, 0) is 6.54 Å². The van der Waals surface area contributed by atoms with Gasteiger partial charge in [-0.3, -0.25) is 0 Å². The Morgan fingerprint density at radius 1 is 0.962 bits per heavy atom. The molecule has 0 saturated heterocycles. The molecule has 6 nitrogen and oxygen atoms in total. The minimum absolute atomic E-state index is 0. The fraction of sp³-hybridized carbons (Fsp3) is 0.368. The molecule has 1 unspecified atom stereocenters. The lowest BCUT2D eigenvalue weighted by Gasteiger charge is -2.26. The standard InChI is InChI=1S/C19H23NO5.ClH/c1-21-17-9-19(23-3)18(22-2)8-13(17)10-20-11-14-12-24-15-6-4-5-7-16(15)25-14;/h4-9,14,20H,10-12H2,1-3H3;1H/p-1. The van der Waals surface area contributed by atoms with Gasteiger partial charge in [-0.2, -0.15) is 0 Å². The van der Waals surface area contributed by atoms with E-state index in [1.807, 2.05) is 36.4 Å². The second-order valence-corrected chi connectivity index (χ2v) is 5.65. The number of ether oxygens (including phenoxy) is 5. The number of nitrogens with one attached hydrogen (secondary N) is 1. The second kappa shape index (κ2) is 9.40. The molecule has 1 atom stereocenters. The summed E-state index contributed by atoms with van der Waals surface area (Å²) in [6, 6.07) is 11.4. The van der Waals surface area contributed by atoms with Crippen molar-refractivity contribution in [2.45, 2.75) is 12.6 Å². The fourth-order valence-electron chi connectivity index (χ4n) is 2.76. The van der Waals surface area contributed by atoms with Crippen molar-refractivity contribution in [3.8, 4) is 28.7 Å². The van der Waals surface area contributed by atoms with Gasteiger partial charge in [-0.1, -0.05) is 12.1 Å². The molecule has 1 aliphatic rings. The lowest BCUT2D eigenvalue weighted by Crippen LogP contribution is -3.00. The Balaban J connectivity index is 0.00000243. The molecule has 0 fully saturated rings. The molecule has 1 N–H and O–H groups in total. The van der Waals surface area contributed by atoms with E-state index >= 15 is 0 Å². The van der Waals surface area contributed by atoms with Gasteiger partial charge < -0.3 is 41.4 Å². The number of halogens is 1. The molecular formula is C19H23ClNO5-. The first-order valence-corrected chi connectivity index (χ1v) is 8.13. The summed E-state index contributed by atoms with van der Waals surface area (Å²) < 4.78 is 27.8. The van der Waals surface area contributed by atoms with Crippen molar-refractivity contribution in [2.75, 3.05) is 34.5 Å². The van der Waals surface area contributed by atoms with E-state index in [1.165, 1.54) is 0 Å². The summed E-state index contributed by atoms with van der Waals surface area (Å²) in [7, 11) is 4.86. The van der Waals surface area contributed by atoms with Gasteiger partial charge in [-0.15, -0.1) is 0 Å². The Hall–Kier alpha value is -2.31. The van der Waals surface area contributed by atoms with Crippen LogP contribution in [0.2, 0.25) is 0 Å². The number of hydrogen-bond acceptors (Lipinski definition) is 6. The van der Waals surface area contributed by atoms with Crippen LogP contribution < -0.4 is 41.4 Å². The molecule has 1 heterocycles. The van der Waals surface area contributed by atoms with Crippen LogP contribution >= 0.6 is 0 Å². The number of methoxy groups -OCH3 is 3. The molecule has 26 heavy (non-hydrogen) atoms. The van der Waals surface area contributed by atoms with Crippen molar-refractivity contribution in [1.82, 2.24) is 5.32 Å². The molecule has 2 aromatic carbocycles. The van der Waals surface area contributed by atoms with E-state index in [2.05, 4.69) is 5.32 Å². The van der Waals surface area contributed by atoms with E-state index in [0.717, 1.165) is 22.8 Å². The van der Waals surface area contributed by atoms with E-state index in [9.17, 15) is 0 Å². The number of benzene rings is 2. The number of rotatable bonds is 7. The minimum Gasteiger partial charge on any atom is -1.00 e. The highest BCUT2D eigenvalue weighted by molar-refractivity contribution is 5.50. The molecule has 0 amide bonds. The highest BCUT2D eigenvalue weighted by Gasteiger charge is 2.20. The first kappa shape index (κ1) is 20.0. The zero-order valence-corrected chi connectivity index (χ0v) is 15.8. The zero-order valence-electron chi connectivity index (χ0n) is 15.1. The highest BCUT2D eigenvalue weighted by Crippen LogP contribution is 2.34. The van der Waals surface area contributed by atoms with Gasteiger partial charge in [0.25, 0.3) is 0 Å². The van der Waals surface area contributed by atoms with Crippen molar-refractivity contribution >= 4 is 0 Å². The summed E-state index contributed by atoms with van der Waals surface area (Å²) in [5.41, 5.74) is 0.984. The van der Waals surface area contributed by atoms with Crippen molar-refractivity contribution in [3.05, 3.63) is 42.0 Å². The molecule has 0 bridgehead atoms. The molecule has 1 aliphatic heterocycles. The average molecular weight is 381 g/mol. The predicted octanol–water partition coefficient (Wildman–Crippen LogP) is -0.354. The molecule has 3 rings (SSSR count). The maximum atomic E-state index is 5.94. The quantitative estimate of drug-likeness (QED) is 0.708. The summed E-state index contributed by atoms with van der Waals surface area (Å²) in [6.07, 6.45) is -0.0407. The SMILES string of the molecule is COc1cc(OC)c(OC)cc1CNCC1COc2ccccc2O1.[Cl-]. The number of fused-ring (bicyclic) bond motifs is 1. The lowest BCUT2D eigenvalue weighted by molar-refractivity contribution is -0.00000673. The Labute approximate surface area is 159 Å². The molecule has 0 saturated carbocycles. The Kier molecular flexibility index (Phi) is 7.24. The van der Waals surface area contributed by atoms with Gasteiger partial charge >= 0.3 is 0 Å². The van der Waals surface area contributed by atoms with E-state index in [0.29, 0.717) is 31.2 Å². The van der Waals surface area contributed by atoms with Crippen LogP contribution in [0.15, 0.2) is 36.4 Å². The molecule has 2 aromatic rings. The molecule has 0 spiro atoms. The van der Waals surface area contributed by atoms with E-state index in [-0.39, 0.29) is 18.5 Å². The van der Waals surface area contributed by atoms with Crippen molar-refractivity contribution < 1.29 is 36.1 Å². The molecule has 0 aromatic heterocycles. The fourth-order valence-corrected chi connectivity index (χ4v) is 2.76. The first-order chi connectivity index (χ1) is 12.2. The van der Waals surface area contributed by atoms with Crippen LogP contribution in [0, 0.1) is 0 Å². The maximum Gasteiger partial charge on any atom is 0.164 e. The third-order valence-corrected chi connectivity index (χ3v) is 4.04. The summed E-state index contributed by atoms with van der Waals surface area (Å²) in [5, 5.41) is 3.38. The first-order valence-electron chi connectivity index (χ1n) is 8.13. The topological polar surface area (TPSA) is 58.2 Å². The summed E-state index contributed by atoms with van der Waals surface area (Å²) in [5.74, 6) is 3.64. The Morgan fingerprint density at radius 2 is 1.62 bits per heavy atom. The third-order valence-electron chi connectivity index (χ3n) is 4.04. The van der Waals surface area contributed by atoms with Gasteiger partial charge in [0.05, 0.1) is 21.3 Å². The number of para-hydroxylation sites is 2. The zero-order chi connectivity index (χ0) is 17.6. The van der Waals surface area contributed by atoms with Crippen molar-refractivity contribution in [3.63, 3.8) is 0 Å². The second-order valence-electron chi connectivity index (χ2n) is 5.65. The van der Waals surface area contributed by atoms with Crippen LogP contribution in [0.3, 0.4) is 0 Å². The van der Waals surface area contributed by atoms with E-state index < -0.39 is 0 Å². The smallest absolute Gasteiger partial charge is 0.164 e. The van der Waals surface area contributed by atoms with Crippen molar-refractivity contribution in [2.24, 2.45) is 0 Å². The highest BCUT2D eigenvalue weighted by atomic mass is 35.5. The summed E-state index contributed by atoms with van der Waals surface area (Å²) in [6.45, 7) is 1.80. The van der Waals surface area contributed by atoms with Crippen LogP contribution in [0.25, 0.3) is 0 Å². The monoisotopic (exact) mass is 380 g/mol. The van der Waals surface area contributed by atoms with E-state index in [4.69, 9.17) is 23.7 Å². The van der Waals surface area contributed by atoms with Gasteiger partial charge in [-0.25, -0.2) is 0 Å². The van der Waals surface area contributed by atoms with Crippen LogP contribution in [0.5, 0.6) is 28.7 Å². The van der Waals surface area contributed by atoms with Gasteiger partial charge in [0.1, 0.15) is 18.5 Å². The van der Waals surface area contributed by atoms with E-state index in [1.54, 1.807) is 21.3 Å². The van der Waals surface area contributed by atoms with Gasteiger partial charge in [0.15, 0.2) is 23.0 Å². The van der Waals surface area contributed by atoms with Crippen LogP contribution in [0.4, 0.5) is 0 Å². The number of hydrogen-bond donors (Lipinski definition) is 1. The Morgan fingerprint density at radius 3 is 2.31 bits per heavy atom. The maximum absolute atomic E-state index is 5.94. The van der Waals surface area contributed by atoms with Gasteiger partial charge in [0.2, 0.25) is 0 Å². The summed E-state index contributed by atoms with van der Waals surface area (Å²) in [4.78, 5) is 0. The average Bonchev–Trinajstić information content (AvgIpc) is 2.67. The minimum atomic E-state index is -0.0407. The molecular weight excluding hydrogens is 358 g/mol.